The standard InChI is InChI=1S/C53H35N3O/c1-4-15-36(16-5-1)37-27-29-38(30-28-37)39-31-33-43(34-32-39)55(48-26-14-24-46-52(48)57-53(54-46)40-17-6-2-7-18-40)49-35-41-19-10-11-22-44(41)51-50(49)45-23-12-13-25-47(45)56(51)42-20-8-3-9-21-42/h1-35H. The van der Waals surface area contributed by atoms with Gasteiger partial charge in [0, 0.05) is 33.1 Å². The Morgan fingerprint density at radius 1 is 0.439 bits per heavy atom. The molecule has 9 aromatic carbocycles. The van der Waals surface area contributed by atoms with E-state index in [1.54, 1.807) is 0 Å². The molecule has 0 aliphatic rings. The number of hydrogen-bond donors (Lipinski definition) is 0. The smallest absolute Gasteiger partial charge is 0.227 e. The van der Waals surface area contributed by atoms with Crippen LogP contribution in [-0.4, -0.2) is 9.55 Å². The van der Waals surface area contributed by atoms with Gasteiger partial charge in [0.25, 0.3) is 0 Å². The Hall–Kier alpha value is -7.69. The van der Waals surface area contributed by atoms with E-state index in [9.17, 15) is 0 Å². The number of anilines is 3. The fourth-order valence-corrected chi connectivity index (χ4v) is 8.35. The number of benzene rings is 9. The largest absolute Gasteiger partial charge is 0.434 e. The molecule has 0 saturated heterocycles. The predicted octanol–water partition coefficient (Wildman–Crippen LogP) is 14.5. The first-order valence-corrected chi connectivity index (χ1v) is 19.3. The zero-order valence-electron chi connectivity index (χ0n) is 31.0. The van der Waals surface area contributed by atoms with Gasteiger partial charge in [-0.3, -0.25) is 0 Å². The van der Waals surface area contributed by atoms with E-state index in [-0.39, 0.29) is 0 Å². The molecule has 2 heterocycles. The third-order valence-electron chi connectivity index (χ3n) is 11.0. The lowest BCUT2D eigenvalue weighted by Gasteiger charge is -2.27. The summed E-state index contributed by atoms with van der Waals surface area (Å²) in [4.78, 5) is 7.37. The van der Waals surface area contributed by atoms with Crippen molar-refractivity contribution < 1.29 is 4.42 Å². The van der Waals surface area contributed by atoms with Crippen LogP contribution in [0, 0.1) is 0 Å². The number of aromatic nitrogens is 2. The maximum Gasteiger partial charge on any atom is 0.227 e. The SMILES string of the molecule is c1ccc(-c2ccc(-c3ccc(N(c4cccc5nc(-c6ccccc6)oc45)c4cc5ccccc5c5c4c4ccccc4n5-c4ccccc4)cc3)cc2)cc1. The van der Waals surface area contributed by atoms with E-state index in [0.29, 0.717) is 5.89 Å². The van der Waals surface area contributed by atoms with Crippen molar-refractivity contribution in [3.63, 3.8) is 0 Å². The Morgan fingerprint density at radius 2 is 1.00 bits per heavy atom. The second-order valence-corrected chi connectivity index (χ2v) is 14.4. The maximum absolute atomic E-state index is 6.75. The fraction of sp³-hybridized carbons (Fsp3) is 0. The van der Waals surface area contributed by atoms with E-state index in [1.807, 2.05) is 36.4 Å². The Bertz CT molecular complexity index is 3200. The van der Waals surface area contributed by atoms with Crippen molar-refractivity contribution in [2.75, 3.05) is 4.90 Å². The summed E-state index contributed by atoms with van der Waals surface area (Å²) in [5, 5.41) is 4.67. The Kier molecular flexibility index (Phi) is 7.78. The number of para-hydroxylation sites is 3. The molecule has 0 aliphatic heterocycles. The highest BCUT2D eigenvalue weighted by Crippen LogP contribution is 2.48. The molecular formula is C53H35N3O. The van der Waals surface area contributed by atoms with E-state index >= 15 is 0 Å². The van der Waals surface area contributed by atoms with Gasteiger partial charge in [-0.15, -0.1) is 0 Å². The molecule has 268 valence electrons. The van der Waals surface area contributed by atoms with Gasteiger partial charge in [-0.05, 0) is 88.3 Å². The van der Waals surface area contributed by atoms with Crippen molar-refractivity contribution in [3.05, 3.63) is 212 Å². The number of hydrogen-bond acceptors (Lipinski definition) is 3. The zero-order chi connectivity index (χ0) is 37.7. The third-order valence-corrected chi connectivity index (χ3v) is 11.0. The lowest BCUT2D eigenvalue weighted by molar-refractivity contribution is 0.620. The monoisotopic (exact) mass is 729 g/mol. The molecule has 11 rings (SSSR count). The van der Waals surface area contributed by atoms with E-state index < -0.39 is 0 Å². The quantitative estimate of drug-likeness (QED) is 0.164. The highest BCUT2D eigenvalue weighted by atomic mass is 16.3. The molecule has 57 heavy (non-hydrogen) atoms. The van der Waals surface area contributed by atoms with Crippen LogP contribution in [0.4, 0.5) is 17.1 Å². The molecule has 11 aromatic rings. The normalized spacial score (nSPS) is 11.5. The van der Waals surface area contributed by atoms with Crippen LogP contribution in [0.2, 0.25) is 0 Å². The van der Waals surface area contributed by atoms with Crippen LogP contribution in [0.1, 0.15) is 0 Å². The minimum atomic E-state index is 0.594. The van der Waals surface area contributed by atoms with E-state index in [4.69, 9.17) is 9.40 Å². The van der Waals surface area contributed by atoms with Crippen molar-refractivity contribution in [1.29, 1.82) is 0 Å². The fourth-order valence-electron chi connectivity index (χ4n) is 8.35. The molecule has 0 N–H and O–H groups in total. The highest BCUT2D eigenvalue weighted by molar-refractivity contribution is 6.25. The molecule has 2 aromatic heterocycles. The minimum Gasteiger partial charge on any atom is -0.434 e. The van der Waals surface area contributed by atoms with Crippen molar-refractivity contribution >= 4 is 60.7 Å². The summed E-state index contributed by atoms with van der Waals surface area (Å²) in [6, 6.07) is 75.1. The number of nitrogens with zero attached hydrogens (tertiary/aromatic N) is 3. The summed E-state index contributed by atoms with van der Waals surface area (Å²) in [5.74, 6) is 0.594. The van der Waals surface area contributed by atoms with Crippen LogP contribution in [0.3, 0.4) is 0 Å². The Morgan fingerprint density at radius 3 is 1.70 bits per heavy atom. The molecule has 4 nitrogen and oxygen atoms in total. The molecule has 4 heteroatoms. The molecule has 0 unspecified atom stereocenters. The second kappa shape index (κ2) is 13.6. The molecule has 0 radical (unpaired) electrons. The van der Waals surface area contributed by atoms with Gasteiger partial charge in [0.1, 0.15) is 5.52 Å². The number of rotatable bonds is 7. The zero-order valence-corrected chi connectivity index (χ0v) is 31.0. The van der Waals surface area contributed by atoms with Crippen molar-refractivity contribution in [1.82, 2.24) is 9.55 Å². The van der Waals surface area contributed by atoms with Crippen LogP contribution >= 0.6 is 0 Å². The summed E-state index contributed by atoms with van der Waals surface area (Å²) < 4.78 is 9.17. The molecule has 0 bridgehead atoms. The van der Waals surface area contributed by atoms with Gasteiger partial charge in [-0.2, -0.15) is 0 Å². The molecule has 0 fully saturated rings. The van der Waals surface area contributed by atoms with Crippen LogP contribution in [-0.2, 0) is 0 Å². The molecule has 0 spiro atoms. The van der Waals surface area contributed by atoms with E-state index in [2.05, 4.69) is 185 Å². The Balaban J connectivity index is 1.17. The van der Waals surface area contributed by atoms with Crippen molar-refractivity contribution in [2.45, 2.75) is 0 Å². The van der Waals surface area contributed by atoms with Crippen molar-refractivity contribution in [2.24, 2.45) is 0 Å². The van der Waals surface area contributed by atoms with Gasteiger partial charge in [-0.25, -0.2) is 4.98 Å². The number of oxazole rings is 1. The van der Waals surface area contributed by atoms with E-state index in [0.717, 1.165) is 72.3 Å². The van der Waals surface area contributed by atoms with E-state index in [1.165, 1.54) is 21.9 Å². The summed E-state index contributed by atoms with van der Waals surface area (Å²) in [7, 11) is 0. The van der Waals surface area contributed by atoms with Crippen LogP contribution in [0.25, 0.3) is 83.1 Å². The number of fused-ring (bicyclic) bond motifs is 6. The second-order valence-electron chi connectivity index (χ2n) is 14.4. The highest BCUT2D eigenvalue weighted by Gasteiger charge is 2.26. The maximum atomic E-state index is 6.75. The molecular weight excluding hydrogens is 695 g/mol. The van der Waals surface area contributed by atoms with Gasteiger partial charge >= 0.3 is 0 Å². The summed E-state index contributed by atoms with van der Waals surface area (Å²) in [6.07, 6.45) is 0. The molecule has 0 aliphatic carbocycles. The van der Waals surface area contributed by atoms with Crippen molar-refractivity contribution in [3.8, 4) is 39.4 Å². The van der Waals surface area contributed by atoms with Gasteiger partial charge < -0.3 is 13.9 Å². The average molecular weight is 730 g/mol. The molecule has 0 amide bonds. The van der Waals surface area contributed by atoms with Crippen LogP contribution in [0.15, 0.2) is 217 Å². The minimum absolute atomic E-state index is 0.594. The lowest BCUT2D eigenvalue weighted by Crippen LogP contribution is -2.11. The molecule has 0 saturated carbocycles. The molecule has 0 atom stereocenters. The van der Waals surface area contributed by atoms with Gasteiger partial charge in [-0.1, -0.05) is 152 Å². The first-order chi connectivity index (χ1) is 28.3. The average Bonchev–Trinajstić information content (AvgIpc) is 3.89. The Labute approximate surface area is 330 Å². The predicted molar refractivity (Wildman–Crippen MR) is 237 cm³/mol. The van der Waals surface area contributed by atoms with Crippen LogP contribution < -0.4 is 4.90 Å². The third kappa shape index (κ3) is 5.58. The first-order valence-electron chi connectivity index (χ1n) is 19.3. The topological polar surface area (TPSA) is 34.2 Å². The van der Waals surface area contributed by atoms with Gasteiger partial charge in [0.2, 0.25) is 5.89 Å². The lowest BCUT2D eigenvalue weighted by atomic mass is 9.99. The summed E-state index contributed by atoms with van der Waals surface area (Å²) >= 11 is 0. The summed E-state index contributed by atoms with van der Waals surface area (Å²) in [6.45, 7) is 0. The van der Waals surface area contributed by atoms with Gasteiger partial charge in [0.05, 0.1) is 22.4 Å². The van der Waals surface area contributed by atoms with Crippen LogP contribution in [0.5, 0.6) is 0 Å². The summed E-state index contributed by atoms with van der Waals surface area (Å²) in [5.41, 5.74) is 13.6. The first kappa shape index (κ1) is 32.7. The van der Waals surface area contributed by atoms with Gasteiger partial charge in [0.15, 0.2) is 5.58 Å².